The van der Waals surface area contributed by atoms with Gasteiger partial charge in [-0.15, -0.1) is 0 Å². The molecule has 1 spiro atoms. The summed E-state index contributed by atoms with van der Waals surface area (Å²) in [6, 6.07) is -2.05. The van der Waals surface area contributed by atoms with Crippen molar-refractivity contribution in [3.8, 4) is 0 Å². The molecule has 0 aromatic rings. The number of carbonyl (C=O) groups excluding carboxylic acids is 4. The molecular formula is C26H38N4O11. The zero-order chi connectivity index (χ0) is 30.8. The van der Waals surface area contributed by atoms with Gasteiger partial charge in [-0.25, -0.2) is 4.79 Å². The second-order valence-electron chi connectivity index (χ2n) is 11.4. The highest BCUT2D eigenvalue weighted by atomic mass is 16.7. The summed E-state index contributed by atoms with van der Waals surface area (Å²) in [6.07, 6.45) is -1.77. The van der Waals surface area contributed by atoms with Gasteiger partial charge in [0.25, 0.3) is 0 Å². The summed E-state index contributed by atoms with van der Waals surface area (Å²) in [7, 11) is 0. The first kappa shape index (κ1) is 32.1. The van der Waals surface area contributed by atoms with Crippen molar-refractivity contribution in [2.75, 3.05) is 13.2 Å². The van der Waals surface area contributed by atoms with Crippen LogP contribution >= 0.6 is 0 Å². The third-order valence-corrected chi connectivity index (χ3v) is 6.57. The standard InChI is InChI=1S/C26H38N4O11/c1-14(31)35-13-19-20(37-15(2)32)21(38-16(3)33)22(28-29-27)26(40-19)11-9-10-18(39-26)17-12-36-25(7,8)30(17)23(34)41-24(4,5)6/h9,11,17-22H,10,12-13H2,1-8H3/t17-,18+,19-,20+,21+,22-,26+/m1/s1. The summed E-state index contributed by atoms with van der Waals surface area (Å²) in [5.41, 5.74) is 7.66. The Morgan fingerprint density at radius 1 is 1.05 bits per heavy atom. The van der Waals surface area contributed by atoms with Crippen LogP contribution in [0.5, 0.6) is 0 Å². The number of ether oxygens (including phenoxy) is 7. The van der Waals surface area contributed by atoms with Crippen molar-refractivity contribution >= 4 is 24.0 Å². The fourth-order valence-corrected chi connectivity index (χ4v) is 5.12. The molecule has 2 fully saturated rings. The SMILES string of the molecule is CC(=O)OC[C@H]1O[C@@]2(C=CC[C@@H]([C@H]3COC(C)(C)N3C(=O)OC(C)(C)C)O2)[C@H](N=[N+]=[N-])[C@@H](OC(C)=O)[C@H]1OC(C)=O. The van der Waals surface area contributed by atoms with Crippen LogP contribution in [-0.4, -0.2) is 95.7 Å². The molecular weight excluding hydrogens is 544 g/mol. The van der Waals surface area contributed by atoms with Gasteiger partial charge in [-0.1, -0.05) is 11.2 Å². The van der Waals surface area contributed by atoms with E-state index in [1.165, 1.54) is 17.9 Å². The monoisotopic (exact) mass is 582 g/mol. The summed E-state index contributed by atoms with van der Waals surface area (Å²) in [4.78, 5) is 53.5. The van der Waals surface area contributed by atoms with Crippen LogP contribution in [0, 0.1) is 0 Å². The van der Waals surface area contributed by atoms with Crippen molar-refractivity contribution in [1.29, 1.82) is 0 Å². The highest BCUT2D eigenvalue weighted by Gasteiger charge is 2.60. The predicted octanol–water partition coefficient (Wildman–Crippen LogP) is 2.90. The molecule has 7 atom stereocenters. The number of nitrogens with zero attached hydrogens (tertiary/aromatic N) is 4. The van der Waals surface area contributed by atoms with Crippen molar-refractivity contribution in [3.63, 3.8) is 0 Å². The van der Waals surface area contributed by atoms with Crippen LogP contribution in [0.15, 0.2) is 17.3 Å². The number of azide groups is 1. The number of carbonyl (C=O) groups is 4. The maximum absolute atomic E-state index is 13.3. The van der Waals surface area contributed by atoms with Crippen LogP contribution in [0.2, 0.25) is 0 Å². The molecule has 41 heavy (non-hydrogen) atoms. The Bertz CT molecular complexity index is 1110. The minimum absolute atomic E-state index is 0.0906. The second kappa shape index (κ2) is 12.2. The minimum Gasteiger partial charge on any atom is -0.463 e. The van der Waals surface area contributed by atoms with Crippen molar-refractivity contribution in [1.82, 2.24) is 4.90 Å². The number of hydrogen-bond acceptors (Lipinski definition) is 12. The number of amides is 1. The van der Waals surface area contributed by atoms with E-state index in [1.54, 1.807) is 40.7 Å². The molecule has 3 aliphatic heterocycles. The molecule has 0 aliphatic carbocycles. The Hall–Kier alpha value is -3.39. The molecule has 3 heterocycles. The first-order valence-electron chi connectivity index (χ1n) is 13.2. The Labute approximate surface area is 237 Å². The van der Waals surface area contributed by atoms with E-state index in [9.17, 15) is 24.7 Å². The molecule has 1 amide bonds. The highest BCUT2D eigenvalue weighted by Crippen LogP contribution is 2.43. The Balaban J connectivity index is 2.05. The Kier molecular flexibility index (Phi) is 9.58. The predicted molar refractivity (Wildman–Crippen MR) is 139 cm³/mol. The van der Waals surface area contributed by atoms with Crippen LogP contribution in [0.3, 0.4) is 0 Å². The van der Waals surface area contributed by atoms with Crippen molar-refractivity contribution in [3.05, 3.63) is 22.6 Å². The molecule has 3 aliphatic rings. The topological polar surface area (TPSA) is 185 Å². The van der Waals surface area contributed by atoms with Gasteiger partial charge in [0.15, 0.2) is 12.2 Å². The molecule has 0 unspecified atom stereocenters. The van der Waals surface area contributed by atoms with Gasteiger partial charge in [0.05, 0.1) is 18.8 Å². The zero-order valence-corrected chi connectivity index (χ0v) is 24.5. The maximum atomic E-state index is 13.3. The van der Waals surface area contributed by atoms with Crippen molar-refractivity contribution < 1.29 is 52.3 Å². The first-order chi connectivity index (χ1) is 19.0. The largest absolute Gasteiger partial charge is 0.463 e. The average molecular weight is 583 g/mol. The summed E-state index contributed by atoms with van der Waals surface area (Å²) in [5, 5.41) is 3.84. The Morgan fingerprint density at radius 3 is 2.24 bits per heavy atom. The highest BCUT2D eigenvalue weighted by molar-refractivity contribution is 5.70. The third kappa shape index (κ3) is 7.47. The van der Waals surface area contributed by atoms with Crippen LogP contribution < -0.4 is 0 Å². The summed E-state index contributed by atoms with van der Waals surface area (Å²) in [5.74, 6) is -4.01. The molecule has 0 radical (unpaired) electrons. The van der Waals surface area contributed by atoms with Crippen LogP contribution in [0.1, 0.15) is 61.8 Å². The number of rotatable bonds is 6. The second-order valence-corrected chi connectivity index (χ2v) is 11.4. The summed E-state index contributed by atoms with van der Waals surface area (Å²) < 4.78 is 40.5. The number of hydrogen-bond donors (Lipinski definition) is 0. The van der Waals surface area contributed by atoms with Crippen molar-refractivity contribution in [2.24, 2.45) is 5.11 Å². The van der Waals surface area contributed by atoms with Crippen LogP contribution in [0.25, 0.3) is 10.4 Å². The fraction of sp³-hybridized carbons (Fsp3) is 0.769. The summed E-state index contributed by atoms with van der Waals surface area (Å²) in [6.45, 7) is 11.8. The minimum atomic E-state index is -1.87. The van der Waals surface area contributed by atoms with E-state index in [2.05, 4.69) is 10.0 Å². The Morgan fingerprint density at radius 2 is 1.68 bits per heavy atom. The lowest BCUT2D eigenvalue weighted by Crippen LogP contribution is -2.68. The van der Waals surface area contributed by atoms with E-state index in [-0.39, 0.29) is 6.61 Å². The van der Waals surface area contributed by atoms with E-state index in [0.29, 0.717) is 6.42 Å². The van der Waals surface area contributed by atoms with Gasteiger partial charge in [0, 0.05) is 25.7 Å². The summed E-state index contributed by atoms with van der Waals surface area (Å²) >= 11 is 0. The smallest absolute Gasteiger partial charge is 0.412 e. The molecule has 0 aromatic carbocycles. The van der Waals surface area contributed by atoms with Gasteiger partial charge in [-0.05, 0) is 52.6 Å². The van der Waals surface area contributed by atoms with Gasteiger partial charge in [0.1, 0.15) is 30.1 Å². The maximum Gasteiger partial charge on any atom is 0.412 e. The quantitative estimate of drug-likeness (QED) is 0.112. The molecule has 0 saturated carbocycles. The van der Waals surface area contributed by atoms with Gasteiger partial charge < -0.3 is 33.2 Å². The van der Waals surface area contributed by atoms with E-state index in [4.69, 9.17) is 33.2 Å². The van der Waals surface area contributed by atoms with Gasteiger partial charge in [0.2, 0.25) is 5.79 Å². The lowest BCUT2D eigenvalue weighted by molar-refractivity contribution is -0.329. The lowest BCUT2D eigenvalue weighted by Gasteiger charge is -2.52. The van der Waals surface area contributed by atoms with Gasteiger partial charge in [-0.2, -0.15) is 0 Å². The average Bonchev–Trinajstić information content (AvgIpc) is 3.15. The molecule has 15 nitrogen and oxygen atoms in total. The number of esters is 3. The van der Waals surface area contributed by atoms with Gasteiger partial charge in [-0.3, -0.25) is 19.3 Å². The molecule has 15 heteroatoms. The van der Waals surface area contributed by atoms with Crippen LogP contribution in [-0.2, 0) is 47.5 Å². The fourth-order valence-electron chi connectivity index (χ4n) is 5.12. The van der Waals surface area contributed by atoms with E-state index < -0.39 is 84.2 Å². The normalized spacial score (nSPS) is 32.5. The third-order valence-electron chi connectivity index (χ3n) is 6.57. The molecule has 0 aromatic heterocycles. The lowest BCUT2D eigenvalue weighted by atomic mass is 9.87. The molecule has 228 valence electrons. The molecule has 3 rings (SSSR count). The van der Waals surface area contributed by atoms with Crippen molar-refractivity contribution in [2.45, 2.75) is 115 Å². The van der Waals surface area contributed by atoms with E-state index in [0.717, 1.165) is 13.8 Å². The zero-order valence-electron chi connectivity index (χ0n) is 24.5. The van der Waals surface area contributed by atoms with Crippen LogP contribution in [0.4, 0.5) is 4.79 Å². The molecule has 0 N–H and O–H groups in total. The van der Waals surface area contributed by atoms with E-state index in [1.807, 2.05) is 0 Å². The van der Waals surface area contributed by atoms with Gasteiger partial charge >= 0.3 is 24.0 Å². The van der Waals surface area contributed by atoms with E-state index >= 15 is 0 Å². The molecule has 2 saturated heterocycles. The first-order valence-corrected chi connectivity index (χ1v) is 13.2. The molecule has 0 bridgehead atoms.